The summed E-state index contributed by atoms with van der Waals surface area (Å²) in [7, 11) is 0. The molecule has 21 heavy (non-hydrogen) atoms. The van der Waals surface area contributed by atoms with E-state index >= 15 is 0 Å². The number of rotatable bonds is 3. The molecule has 1 aromatic carbocycles. The van der Waals surface area contributed by atoms with Crippen LogP contribution >= 0.6 is 12.2 Å². The van der Waals surface area contributed by atoms with Gasteiger partial charge in [-0.1, -0.05) is 12.1 Å². The SMILES string of the molecule is CC(=O)c1ccc(C(=O)NC(=S)NNC(=O)CC#N)cc1. The topological polar surface area (TPSA) is 111 Å². The number of nitrogens with one attached hydrogen (secondary N) is 3. The highest BCUT2D eigenvalue weighted by molar-refractivity contribution is 7.80. The van der Waals surface area contributed by atoms with Crippen LogP contribution in [0.3, 0.4) is 0 Å². The molecular weight excluding hydrogens is 292 g/mol. The van der Waals surface area contributed by atoms with Crippen molar-refractivity contribution in [2.24, 2.45) is 0 Å². The average molecular weight is 304 g/mol. The van der Waals surface area contributed by atoms with Crippen molar-refractivity contribution in [3.63, 3.8) is 0 Å². The van der Waals surface area contributed by atoms with Crippen LogP contribution in [-0.4, -0.2) is 22.7 Å². The third-order valence-corrected chi connectivity index (χ3v) is 2.54. The van der Waals surface area contributed by atoms with Crippen molar-refractivity contribution >= 4 is 34.9 Å². The van der Waals surface area contributed by atoms with Gasteiger partial charge in [-0.2, -0.15) is 5.26 Å². The molecule has 0 heterocycles. The molecule has 1 aromatic rings. The standard InChI is InChI=1S/C13H12N4O3S/c1-8(18)9-2-4-10(5-3-9)12(20)15-13(21)17-16-11(19)6-7-14/h2-5H,6H2,1H3,(H,16,19)(H2,15,17,20,21). The van der Waals surface area contributed by atoms with Crippen molar-refractivity contribution in [3.05, 3.63) is 35.4 Å². The number of hydrogen-bond acceptors (Lipinski definition) is 5. The Morgan fingerprint density at radius 1 is 1.14 bits per heavy atom. The summed E-state index contributed by atoms with van der Waals surface area (Å²) < 4.78 is 0. The van der Waals surface area contributed by atoms with Gasteiger partial charge in [-0.25, -0.2) is 0 Å². The molecule has 0 atom stereocenters. The van der Waals surface area contributed by atoms with Crippen molar-refractivity contribution in [2.45, 2.75) is 13.3 Å². The first-order chi connectivity index (χ1) is 9.93. The maximum atomic E-state index is 11.8. The number of carbonyl (C=O) groups excluding carboxylic acids is 3. The van der Waals surface area contributed by atoms with E-state index in [9.17, 15) is 14.4 Å². The molecule has 7 nitrogen and oxygen atoms in total. The molecule has 1 rings (SSSR count). The van der Waals surface area contributed by atoms with Crippen LogP contribution < -0.4 is 16.2 Å². The van der Waals surface area contributed by atoms with Gasteiger partial charge in [-0.15, -0.1) is 0 Å². The van der Waals surface area contributed by atoms with Gasteiger partial charge in [0.05, 0.1) is 6.07 Å². The Hall–Kier alpha value is -2.79. The molecule has 0 spiro atoms. The molecule has 2 amide bonds. The van der Waals surface area contributed by atoms with E-state index in [1.165, 1.54) is 31.2 Å². The molecule has 0 bridgehead atoms. The molecule has 3 N–H and O–H groups in total. The molecule has 0 aliphatic rings. The summed E-state index contributed by atoms with van der Waals surface area (Å²) in [5, 5.41) is 10.5. The van der Waals surface area contributed by atoms with Crippen molar-refractivity contribution in [2.75, 3.05) is 0 Å². The van der Waals surface area contributed by atoms with Gasteiger partial charge in [0.25, 0.3) is 11.8 Å². The van der Waals surface area contributed by atoms with Gasteiger partial charge < -0.3 is 0 Å². The quantitative estimate of drug-likeness (QED) is 0.424. The van der Waals surface area contributed by atoms with Crippen LogP contribution in [0.15, 0.2) is 24.3 Å². The zero-order valence-electron chi connectivity index (χ0n) is 11.1. The number of amides is 2. The minimum absolute atomic E-state index is 0.0978. The van der Waals surface area contributed by atoms with Crippen LogP contribution in [0.2, 0.25) is 0 Å². The van der Waals surface area contributed by atoms with E-state index in [1.54, 1.807) is 6.07 Å². The predicted molar refractivity (Wildman–Crippen MR) is 78.0 cm³/mol. The fourth-order valence-electron chi connectivity index (χ4n) is 1.31. The summed E-state index contributed by atoms with van der Waals surface area (Å²) in [6, 6.07) is 7.70. The molecule has 108 valence electrons. The van der Waals surface area contributed by atoms with E-state index in [-0.39, 0.29) is 17.3 Å². The third-order valence-electron chi connectivity index (χ3n) is 2.34. The first-order valence-corrected chi connectivity index (χ1v) is 6.23. The number of carbonyl (C=O) groups is 3. The van der Waals surface area contributed by atoms with E-state index < -0.39 is 11.8 Å². The molecule has 0 saturated carbocycles. The predicted octanol–water partition coefficient (Wildman–Crippen LogP) is 0.438. The maximum absolute atomic E-state index is 11.8. The lowest BCUT2D eigenvalue weighted by Crippen LogP contribution is -2.48. The number of nitriles is 1. The second kappa shape index (κ2) is 7.72. The normalized spacial score (nSPS) is 9.14. The van der Waals surface area contributed by atoms with Crippen LogP contribution in [0.1, 0.15) is 34.1 Å². The highest BCUT2D eigenvalue weighted by Crippen LogP contribution is 2.05. The van der Waals surface area contributed by atoms with Crippen molar-refractivity contribution in [1.82, 2.24) is 16.2 Å². The van der Waals surface area contributed by atoms with E-state index in [2.05, 4.69) is 16.2 Å². The number of Topliss-reactive ketones (excluding diaryl/α,β-unsaturated/α-hetero) is 1. The molecule has 0 aliphatic heterocycles. The summed E-state index contributed by atoms with van der Waals surface area (Å²) in [5.74, 6) is -1.16. The third kappa shape index (κ3) is 5.38. The largest absolute Gasteiger partial charge is 0.298 e. The average Bonchev–Trinajstić information content (AvgIpc) is 2.45. The molecular formula is C13H12N4O3S. The van der Waals surface area contributed by atoms with Gasteiger partial charge in [0.1, 0.15) is 6.42 Å². The summed E-state index contributed by atoms with van der Waals surface area (Å²) in [6.07, 6.45) is -0.323. The van der Waals surface area contributed by atoms with E-state index in [0.29, 0.717) is 11.1 Å². The zero-order valence-corrected chi connectivity index (χ0v) is 11.9. The minimum atomic E-state index is -0.570. The van der Waals surface area contributed by atoms with Gasteiger partial charge in [0, 0.05) is 11.1 Å². The highest BCUT2D eigenvalue weighted by atomic mass is 32.1. The lowest BCUT2D eigenvalue weighted by molar-refractivity contribution is -0.120. The van der Waals surface area contributed by atoms with Crippen LogP contribution in [-0.2, 0) is 4.79 Å². The number of thiocarbonyl (C=S) groups is 1. The first kappa shape index (κ1) is 16.3. The molecule has 0 fully saturated rings. The van der Waals surface area contributed by atoms with Crippen LogP contribution in [0.4, 0.5) is 0 Å². The second-order valence-electron chi connectivity index (χ2n) is 3.92. The van der Waals surface area contributed by atoms with Crippen LogP contribution in [0.5, 0.6) is 0 Å². The number of benzene rings is 1. The zero-order chi connectivity index (χ0) is 15.8. The van der Waals surface area contributed by atoms with Crippen LogP contribution in [0.25, 0.3) is 0 Å². The Kier molecular flexibility index (Phi) is 5.98. The van der Waals surface area contributed by atoms with Gasteiger partial charge in [0.15, 0.2) is 10.9 Å². The molecule has 0 saturated heterocycles. The molecule has 0 aromatic heterocycles. The van der Waals surface area contributed by atoms with Crippen LogP contribution in [0, 0.1) is 11.3 Å². The Morgan fingerprint density at radius 3 is 2.24 bits per heavy atom. The summed E-state index contributed by atoms with van der Waals surface area (Å²) in [6.45, 7) is 1.43. The molecule has 0 radical (unpaired) electrons. The van der Waals surface area contributed by atoms with Gasteiger partial charge in [-0.05, 0) is 31.3 Å². The van der Waals surface area contributed by atoms with Crippen molar-refractivity contribution in [3.8, 4) is 6.07 Å². The summed E-state index contributed by atoms with van der Waals surface area (Å²) in [4.78, 5) is 33.9. The van der Waals surface area contributed by atoms with Gasteiger partial charge in [0.2, 0.25) is 0 Å². The minimum Gasteiger partial charge on any atom is -0.298 e. The lowest BCUT2D eigenvalue weighted by atomic mass is 10.1. The Balaban J connectivity index is 2.53. The monoisotopic (exact) mass is 304 g/mol. The van der Waals surface area contributed by atoms with Crippen molar-refractivity contribution in [1.29, 1.82) is 5.26 Å². The number of hydrogen-bond donors (Lipinski definition) is 3. The van der Waals surface area contributed by atoms with E-state index in [0.717, 1.165) is 0 Å². The number of ketones is 1. The maximum Gasteiger partial charge on any atom is 0.257 e. The molecule has 8 heteroatoms. The Morgan fingerprint density at radius 2 is 1.71 bits per heavy atom. The first-order valence-electron chi connectivity index (χ1n) is 5.82. The fraction of sp³-hybridized carbons (Fsp3) is 0.154. The molecule has 0 aliphatic carbocycles. The smallest absolute Gasteiger partial charge is 0.257 e. The highest BCUT2D eigenvalue weighted by Gasteiger charge is 2.09. The van der Waals surface area contributed by atoms with E-state index in [4.69, 9.17) is 17.5 Å². The molecule has 0 unspecified atom stereocenters. The van der Waals surface area contributed by atoms with E-state index in [1.807, 2.05) is 0 Å². The summed E-state index contributed by atoms with van der Waals surface area (Å²) >= 11 is 4.81. The fourth-order valence-corrected chi connectivity index (χ4v) is 1.45. The Labute approximate surface area is 126 Å². The lowest BCUT2D eigenvalue weighted by Gasteiger charge is -2.09. The van der Waals surface area contributed by atoms with Crippen molar-refractivity contribution < 1.29 is 14.4 Å². The van der Waals surface area contributed by atoms with Gasteiger partial charge in [-0.3, -0.25) is 30.6 Å². The number of hydrazine groups is 1. The number of nitrogens with zero attached hydrogens (tertiary/aromatic N) is 1. The second-order valence-corrected chi connectivity index (χ2v) is 4.33. The van der Waals surface area contributed by atoms with Gasteiger partial charge >= 0.3 is 0 Å². The summed E-state index contributed by atoms with van der Waals surface area (Å²) in [5.41, 5.74) is 5.25. The Bertz CT molecular complexity index is 619.